The Morgan fingerprint density at radius 3 is 3.12 bits per heavy atom. The molecule has 1 saturated heterocycles. The maximum atomic E-state index is 5.63. The highest BCUT2D eigenvalue weighted by Gasteiger charge is 2.20. The molecule has 0 spiro atoms. The third-order valence-corrected chi connectivity index (χ3v) is 2.97. The predicted octanol–water partition coefficient (Wildman–Crippen LogP) is 2.13. The van der Waals surface area contributed by atoms with E-state index in [1.165, 1.54) is 0 Å². The molecule has 0 amide bonds. The third kappa shape index (κ3) is 5.64. The van der Waals surface area contributed by atoms with E-state index >= 15 is 0 Å². The standard InChI is InChI=1S/C13H25NO2/c1-3-5-8-15-10-7-14-12-6-9-16-13(4-2)11-12/h3,12-14H,1,4-11H2,2H3. The van der Waals surface area contributed by atoms with E-state index in [0.717, 1.165) is 52.0 Å². The van der Waals surface area contributed by atoms with Crippen LogP contribution in [0.3, 0.4) is 0 Å². The summed E-state index contributed by atoms with van der Waals surface area (Å²) in [6.45, 7) is 9.27. The van der Waals surface area contributed by atoms with E-state index in [0.29, 0.717) is 12.1 Å². The molecule has 0 bridgehead atoms. The van der Waals surface area contributed by atoms with Crippen LogP contribution in [-0.4, -0.2) is 38.5 Å². The number of hydrogen-bond acceptors (Lipinski definition) is 3. The van der Waals surface area contributed by atoms with Crippen molar-refractivity contribution < 1.29 is 9.47 Å². The molecule has 1 aliphatic rings. The molecule has 3 nitrogen and oxygen atoms in total. The molecule has 1 N–H and O–H groups in total. The molecular weight excluding hydrogens is 202 g/mol. The monoisotopic (exact) mass is 227 g/mol. The second-order valence-corrected chi connectivity index (χ2v) is 4.27. The molecule has 1 heterocycles. The van der Waals surface area contributed by atoms with Gasteiger partial charge < -0.3 is 14.8 Å². The predicted molar refractivity (Wildman–Crippen MR) is 66.7 cm³/mol. The fourth-order valence-electron chi connectivity index (χ4n) is 1.95. The first-order valence-electron chi connectivity index (χ1n) is 6.40. The minimum absolute atomic E-state index is 0.452. The summed E-state index contributed by atoms with van der Waals surface area (Å²) in [5.41, 5.74) is 0. The summed E-state index contributed by atoms with van der Waals surface area (Å²) in [5, 5.41) is 3.53. The first-order chi connectivity index (χ1) is 7.86. The Bertz CT molecular complexity index is 185. The van der Waals surface area contributed by atoms with Crippen LogP contribution in [0.4, 0.5) is 0 Å². The highest BCUT2D eigenvalue weighted by molar-refractivity contribution is 4.75. The van der Waals surface area contributed by atoms with E-state index in [-0.39, 0.29) is 0 Å². The minimum atomic E-state index is 0.452. The van der Waals surface area contributed by atoms with Crippen LogP contribution in [0.1, 0.15) is 32.6 Å². The molecule has 2 atom stereocenters. The van der Waals surface area contributed by atoms with Gasteiger partial charge in [0.05, 0.1) is 19.3 Å². The highest BCUT2D eigenvalue weighted by Crippen LogP contribution is 2.15. The Balaban J connectivity index is 1.97. The number of nitrogens with one attached hydrogen (secondary N) is 1. The molecule has 0 aromatic rings. The largest absolute Gasteiger partial charge is 0.380 e. The lowest BCUT2D eigenvalue weighted by Gasteiger charge is -2.29. The molecule has 94 valence electrons. The van der Waals surface area contributed by atoms with Gasteiger partial charge in [0.2, 0.25) is 0 Å². The summed E-state index contributed by atoms with van der Waals surface area (Å²) >= 11 is 0. The second kappa shape index (κ2) is 8.74. The lowest BCUT2D eigenvalue weighted by atomic mass is 10.0. The Labute approximate surface area is 99.2 Å². The van der Waals surface area contributed by atoms with Crippen LogP contribution in [-0.2, 0) is 9.47 Å². The van der Waals surface area contributed by atoms with Gasteiger partial charge in [0.1, 0.15) is 0 Å². The summed E-state index contributed by atoms with van der Waals surface area (Å²) < 4.78 is 11.1. The molecular formula is C13H25NO2. The van der Waals surface area contributed by atoms with Crippen LogP contribution in [0.2, 0.25) is 0 Å². The molecule has 0 saturated carbocycles. The Morgan fingerprint density at radius 1 is 1.50 bits per heavy atom. The van der Waals surface area contributed by atoms with Crippen LogP contribution in [0.15, 0.2) is 12.7 Å². The molecule has 1 fully saturated rings. The zero-order valence-electron chi connectivity index (χ0n) is 10.4. The van der Waals surface area contributed by atoms with Gasteiger partial charge in [0.15, 0.2) is 0 Å². The smallest absolute Gasteiger partial charge is 0.0591 e. The molecule has 0 radical (unpaired) electrons. The zero-order chi connectivity index (χ0) is 11.6. The fraction of sp³-hybridized carbons (Fsp3) is 0.846. The van der Waals surface area contributed by atoms with Gasteiger partial charge in [0, 0.05) is 19.2 Å². The SMILES string of the molecule is C=CCCOCCNC1CCOC(CC)C1. The summed E-state index contributed by atoms with van der Waals surface area (Å²) in [5.74, 6) is 0. The van der Waals surface area contributed by atoms with Gasteiger partial charge in [-0.25, -0.2) is 0 Å². The van der Waals surface area contributed by atoms with Gasteiger partial charge in [-0.1, -0.05) is 13.0 Å². The average Bonchev–Trinajstić information content (AvgIpc) is 2.34. The topological polar surface area (TPSA) is 30.5 Å². The Kier molecular flexibility index (Phi) is 7.47. The Hall–Kier alpha value is -0.380. The van der Waals surface area contributed by atoms with Crippen molar-refractivity contribution >= 4 is 0 Å². The van der Waals surface area contributed by atoms with E-state index in [2.05, 4.69) is 18.8 Å². The number of ether oxygens (including phenoxy) is 2. The van der Waals surface area contributed by atoms with Crippen LogP contribution in [0.5, 0.6) is 0 Å². The van der Waals surface area contributed by atoms with E-state index in [1.54, 1.807) is 0 Å². The van der Waals surface area contributed by atoms with Crippen molar-refractivity contribution in [1.29, 1.82) is 0 Å². The van der Waals surface area contributed by atoms with E-state index < -0.39 is 0 Å². The highest BCUT2D eigenvalue weighted by atomic mass is 16.5. The third-order valence-electron chi connectivity index (χ3n) is 2.97. The summed E-state index contributed by atoms with van der Waals surface area (Å²) in [6.07, 6.45) is 6.67. The molecule has 0 aliphatic carbocycles. The minimum Gasteiger partial charge on any atom is -0.380 e. The maximum absolute atomic E-state index is 5.63. The molecule has 2 unspecified atom stereocenters. The molecule has 16 heavy (non-hydrogen) atoms. The summed E-state index contributed by atoms with van der Waals surface area (Å²) in [6, 6.07) is 0.613. The van der Waals surface area contributed by atoms with Crippen molar-refractivity contribution in [2.24, 2.45) is 0 Å². The lowest BCUT2D eigenvalue weighted by molar-refractivity contribution is -0.00129. The van der Waals surface area contributed by atoms with E-state index in [9.17, 15) is 0 Å². The summed E-state index contributed by atoms with van der Waals surface area (Å²) in [4.78, 5) is 0. The zero-order valence-corrected chi connectivity index (χ0v) is 10.4. The molecule has 1 aliphatic heterocycles. The Morgan fingerprint density at radius 2 is 2.38 bits per heavy atom. The van der Waals surface area contributed by atoms with Crippen LogP contribution < -0.4 is 5.32 Å². The van der Waals surface area contributed by atoms with Crippen molar-refractivity contribution in [3.8, 4) is 0 Å². The van der Waals surface area contributed by atoms with E-state index in [1.807, 2.05) is 6.08 Å². The van der Waals surface area contributed by atoms with Gasteiger partial charge in [0.25, 0.3) is 0 Å². The van der Waals surface area contributed by atoms with Gasteiger partial charge in [-0.05, 0) is 25.7 Å². The lowest BCUT2D eigenvalue weighted by Crippen LogP contribution is -2.40. The van der Waals surface area contributed by atoms with Crippen molar-refractivity contribution in [1.82, 2.24) is 5.32 Å². The fourth-order valence-corrected chi connectivity index (χ4v) is 1.95. The van der Waals surface area contributed by atoms with Crippen LogP contribution in [0.25, 0.3) is 0 Å². The maximum Gasteiger partial charge on any atom is 0.0591 e. The van der Waals surface area contributed by atoms with Crippen LogP contribution in [0, 0.1) is 0 Å². The second-order valence-electron chi connectivity index (χ2n) is 4.27. The van der Waals surface area contributed by atoms with Crippen molar-refractivity contribution in [2.45, 2.75) is 44.8 Å². The molecule has 1 rings (SSSR count). The van der Waals surface area contributed by atoms with Crippen molar-refractivity contribution in [2.75, 3.05) is 26.4 Å². The van der Waals surface area contributed by atoms with E-state index in [4.69, 9.17) is 9.47 Å². The summed E-state index contributed by atoms with van der Waals surface area (Å²) in [7, 11) is 0. The quantitative estimate of drug-likeness (QED) is 0.509. The van der Waals surface area contributed by atoms with Gasteiger partial charge in [-0.3, -0.25) is 0 Å². The first kappa shape index (κ1) is 13.7. The van der Waals surface area contributed by atoms with Gasteiger partial charge >= 0.3 is 0 Å². The molecule has 3 heteroatoms. The van der Waals surface area contributed by atoms with Gasteiger partial charge in [-0.15, -0.1) is 6.58 Å². The van der Waals surface area contributed by atoms with Crippen LogP contribution >= 0.6 is 0 Å². The van der Waals surface area contributed by atoms with Crippen molar-refractivity contribution in [3.05, 3.63) is 12.7 Å². The normalized spacial score (nSPS) is 25.6. The average molecular weight is 227 g/mol. The van der Waals surface area contributed by atoms with Crippen molar-refractivity contribution in [3.63, 3.8) is 0 Å². The van der Waals surface area contributed by atoms with Gasteiger partial charge in [-0.2, -0.15) is 0 Å². The molecule has 0 aromatic carbocycles. The first-order valence-corrected chi connectivity index (χ1v) is 6.40. The number of rotatable bonds is 8. The molecule has 0 aromatic heterocycles. The number of hydrogen-bond donors (Lipinski definition) is 1.